The Bertz CT molecular complexity index is 653. The number of aromatic carboxylic acids is 1. The van der Waals surface area contributed by atoms with Gasteiger partial charge in [-0.2, -0.15) is 5.10 Å². The summed E-state index contributed by atoms with van der Waals surface area (Å²) in [5.74, 6) is -0.154. The van der Waals surface area contributed by atoms with Gasteiger partial charge in [0.2, 0.25) is 6.79 Å². The Balaban J connectivity index is 2.10. The van der Waals surface area contributed by atoms with E-state index in [1.54, 1.807) is 6.07 Å². The highest BCUT2D eigenvalue weighted by Gasteiger charge is 2.20. The fraction of sp³-hybridized carbons (Fsp3) is 0.167. The number of H-pyrrole nitrogens is 1. The van der Waals surface area contributed by atoms with Crippen LogP contribution in [0.5, 0.6) is 11.5 Å². The topological polar surface area (TPSA) is 84.4 Å². The monoisotopic (exact) mass is 264 g/mol. The van der Waals surface area contributed by atoms with Crippen molar-refractivity contribution in [2.75, 3.05) is 6.79 Å². The third-order valence-corrected chi connectivity index (χ3v) is 2.83. The molecule has 6 nitrogen and oxygen atoms in total. The molecule has 1 aromatic heterocycles. The van der Waals surface area contributed by atoms with E-state index in [2.05, 4.69) is 10.2 Å². The van der Waals surface area contributed by atoms with Gasteiger partial charge in [-0.3, -0.25) is 5.10 Å². The maximum absolute atomic E-state index is 13.1. The fourth-order valence-corrected chi connectivity index (χ4v) is 1.90. The lowest BCUT2D eigenvalue weighted by atomic mass is 10.0. The lowest BCUT2D eigenvalue weighted by Gasteiger charge is -2.05. The number of fused-ring (bicyclic) bond motifs is 1. The van der Waals surface area contributed by atoms with Crippen molar-refractivity contribution in [1.82, 2.24) is 10.2 Å². The Morgan fingerprint density at radius 3 is 2.74 bits per heavy atom. The SMILES string of the molecule is O=C(O)c1cc(-c2cc3c(cc2CF)OCO3)n[nH]1. The van der Waals surface area contributed by atoms with Gasteiger partial charge in [0.15, 0.2) is 11.5 Å². The molecule has 1 aliphatic rings. The predicted molar refractivity (Wildman–Crippen MR) is 61.9 cm³/mol. The molecule has 0 spiro atoms. The number of aromatic amines is 1. The van der Waals surface area contributed by atoms with Crippen molar-refractivity contribution in [3.05, 3.63) is 29.5 Å². The van der Waals surface area contributed by atoms with Crippen molar-refractivity contribution in [2.45, 2.75) is 6.67 Å². The van der Waals surface area contributed by atoms with Gasteiger partial charge in [-0.05, 0) is 23.8 Å². The van der Waals surface area contributed by atoms with E-state index in [1.807, 2.05) is 0 Å². The molecule has 0 atom stereocenters. The summed E-state index contributed by atoms with van der Waals surface area (Å²) < 4.78 is 23.4. The Morgan fingerprint density at radius 2 is 2.11 bits per heavy atom. The van der Waals surface area contributed by atoms with Gasteiger partial charge in [0.25, 0.3) is 0 Å². The van der Waals surface area contributed by atoms with E-state index in [0.29, 0.717) is 28.3 Å². The Labute approximate surface area is 106 Å². The minimum absolute atomic E-state index is 0.0579. The number of halogens is 1. The van der Waals surface area contributed by atoms with Gasteiger partial charge in [0.1, 0.15) is 12.4 Å². The first-order valence-corrected chi connectivity index (χ1v) is 5.46. The maximum Gasteiger partial charge on any atom is 0.353 e. The van der Waals surface area contributed by atoms with Gasteiger partial charge in [0.05, 0.1) is 5.69 Å². The molecular formula is C12H9FN2O4. The largest absolute Gasteiger partial charge is 0.477 e. The summed E-state index contributed by atoms with van der Waals surface area (Å²) in [4.78, 5) is 10.8. The summed E-state index contributed by atoms with van der Waals surface area (Å²) in [7, 11) is 0. The fourth-order valence-electron chi connectivity index (χ4n) is 1.90. The van der Waals surface area contributed by atoms with Crippen LogP contribution in [0.4, 0.5) is 4.39 Å². The van der Waals surface area contributed by atoms with Crippen LogP contribution in [-0.2, 0) is 6.67 Å². The number of nitrogens with zero attached hydrogens (tertiary/aromatic N) is 1. The number of carboxylic acid groups (broad SMARTS) is 1. The molecular weight excluding hydrogens is 255 g/mol. The van der Waals surface area contributed by atoms with Gasteiger partial charge in [-0.1, -0.05) is 0 Å². The minimum atomic E-state index is -1.12. The molecule has 0 saturated carbocycles. The van der Waals surface area contributed by atoms with Crippen LogP contribution in [0.3, 0.4) is 0 Å². The number of nitrogens with one attached hydrogen (secondary N) is 1. The number of hydrogen-bond acceptors (Lipinski definition) is 4. The van der Waals surface area contributed by atoms with Crippen molar-refractivity contribution in [1.29, 1.82) is 0 Å². The lowest BCUT2D eigenvalue weighted by Crippen LogP contribution is -1.95. The standard InChI is InChI=1S/C12H9FN2O4/c13-4-6-1-10-11(19-5-18-10)2-7(6)8-3-9(12(16)17)15-14-8/h1-3H,4-5H2,(H,14,15)(H,16,17). The average Bonchev–Trinajstić information content (AvgIpc) is 3.05. The summed E-state index contributed by atoms with van der Waals surface area (Å²) in [6.07, 6.45) is 0. The molecule has 0 unspecified atom stereocenters. The van der Waals surface area contributed by atoms with Gasteiger partial charge in [-0.15, -0.1) is 0 Å². The molecule has 0 saturated heterocycles. The first kappa shape index (κ1) is 11.5. The van der Waals surface area contributed by atoms with Crippen LogP contribution in [0.2, 0.25) is 0 Å². The summed E-state index contributed by atoms with van der Waals surface area (Å²) in [5.41, 5.74) is 1.14. The van der Waals surface area contributed by atoms with E-state index in [-0.39, 0.29) is 12.5 Å². The van der Waals surface area contributed by atoms with Crippen LogP contribution in [0.25, 0.3) is 11.3 Å². The van der Waals surface area contributed by atoms with E-state index < -0.39 is 12.6 Å². The number of benzene rings is 1. The van der Waals surface area contributed by atoms with E-state index in [0.717, 1.165) is 0 Å². The van der Waals surface area contributed by atoms with E-state index >= 15 is 0 Å². The average molecular weight is 264 g/mol. The molecule has 0 bridgehead atoms. The first-order chi connectivity index (χ1) is 9.19. The molecule has 19 heavy (non-hydrogen) atoms. The third kappa shape index (κ3) is 1.88. The van der Waals surface area contributed by atoms with Crippen molar-refractivity contribution < 1.29 is 23.8 Å². The second-order valence-electron chi connectivity index (χ2n) is 3.97. The number of hydrogen-bond donors (Lipinski definition) is 2. The zero-order valence-corrected chi connectivity index (χ0v) is 9.64. The number of rotatable bonds is 3. The summed E-state index contributed by atoms with van der Waals surface area (Å²) in [6, 6.07) is 4.48. The van der Waals surface area contributed by atoms with E-state index in [9.17, 15) is 9.18 Å². The minimum Gasteiger partial charge on any atom is -0.477 e. The number of ether oxygens (including phenoxy) is 2. The highest BCUT2D eigenvalue weighted by Crippen LogP contribution is 2.38. The molecule has 98 valence electrons. The highest BCUT2D eigenvalue weighted by molar-refractivity contribution is 5.87. The van der Waals surface area contributed by atoms with Crippen LogP contribution < -0.4 is 9.47 Å². The zero-order valence-electron chi connectivity index (χ0n) is 9.64. The van der Waals surface area contributed by atoms with Gasteiger partial charge in [-0.25, -0.2) is 9.18 Å². The third-order valence-electron chi connectivity index (χ3n) is 2.83. The number of aromatic nitrogens is 2. The normalized spacial score (nSPS) is 12.7. The Hall–Kier alpha value is -2.57. The molecule has 0 radical (unpaired) electrons. The lowest BCUT2D eigenvalue weighted by molar-refractivity contribution is 0.0690. The molecule has 0 fully saturated rings. The van der Waals surface area contributed by atoms with E-state index in [4.69, 9.17) is 14.6 Å². The molecule has 2 N–H and O–H groups in total. The maximum atomic E-state index is 13.1. The van der Waals surface area contributed by atoms with Crippen molar-refractivity contribution in [3.63, 3.8) is 0 Å². The molecule has 1 aromatic carbocycles. The Kier molecular flexibility index (Phi) is 2.59. The van der Waals surface area contributed by atoms with Gasteiger partial charge >= 0.3 is 5.97 Å². The highest BCUT2D eigenvalue weighted by atomic mass is 19.1. The summed E-state index contributed by atoms with van der Waals surface area (Å²) >= 11 is 0. The van der Waals surface area contributed by atoms with Crippen LogP contribution >= 0.6 is 0 Å². The second-order valence-corrected chi connectivity index (χ2v) is 3.97. The van der Waals surface area contributed by atoms with Gasteiger partial charge in [0, 0.05) is 5.56 Å². The van der Waals surface area contributed by atoms with Crippen LogP contribution in [0.1, 0.15) is 16.1 Å². The number of alkyl halides is 1. The van der Waals surface area contributed by atoms with Crippen LogP contribution in [0.15, 0.2) is 18.2 Å². The molecule has 2 heterocycles. The van der Waals surface area contributed by atoms with Crippen molar-refractivity contribution in [2.24, 2.45) is 0 Å². The number of carboxylic acids is 1. The molecule has 0 aliphatic carbocycles. The Morgan fingerprint density at radius 1 is 1.37 bits per heavy atom. The van der Waals surface area contributed by atoms with Crippen LogP contribution in [0, 0.1) is 0 Å². The van der Waals surface area contributed by atoms with E-state index in [1.165, 1.54) is 12.1 Å². The van der Waals surface area contributed by atoms with Crippen molar-refractivity contribution >= 4 is 5.97 Å². The summed E-state index contributed by atoms with van der Waals surface area (Å²) in [6.45, 7) is -0.618. The van der Waals surface area contributed by atoms with Gasteiger partial charge < -0.3 is 14.6 Å². The van der Waals surface area contributed by atoms with Crippen molar-refractivity contribution in [3.8, 4) is 22.8 Å². The van der Waals surface area contributed by atoms with Crippen LogP contribution in [-0.4, -0.2) is 28.1 Å². The molecule has 3 rings (SSSR count). The number of carbonyl (C=O) groups is 1. The smallest absolute Gasteiger partial charge is 0.353 e. The zero-order chi connectivity index (χ0) is 13.4. The first-order valence-electron chi connectivity index (χ1n) is 5.46. The quantitative estimate of drug-likeness (QED) is 0.885. The molecule has 0 amide bonds. The predicted octanol–water partition coefficient (Wildman–Crippen LogP) is 1.97. The summed E-state index contributed by atoms with van der Waals surface area (Å²) in [5, 5.41) is 15.1. The molecule has 7 heteroatoms. The molecule has 1 aliphatic heterocycles. The second kappa shape index (κ2) is 4.27. The molecule has 2 aromatic rings.